The van der Waals surface area contributed by atoms with Gasteiger partial charge in [0.25, 0.3) is 0 Å². The number of carbonyl (C=O) groups is 1. The van der Waals surface area contributed by atoms with E-state index in [1.807, 2.05) is 6.07 Å². The van der Waals surface area contributed by atoms with Crippen molar-refractivity contribution in [1.29, 1.82) is 0 Å². The monoisotopic (exact) mass is 240 g/mol. The molecule has 18 heavy (non-hydrogen) atoms. The lowest BCUT2D eigenvalue weighted by Crippen LogP contribution is -2.09. The molecule has 3 rings (SSSR count). The first-order chi connectivity index (χ1) is 8.75. The van der Waals surface area contributed by atoms with Gasteiger partial charge in [-0.15, -0.1) is 0 Å². The molecule has 2 heteroatoms. The van der Waals surface area contributed by atoms with Gasteiger partial charge < -0.3 is 4.74 Å². The highest BCUT2D eigenvalue weighted by Gasteiger charge is 2.35. The van der Waals surface area contributed by atoms with Crippen molar-refractivity contribution < 1.29 is 9.53 Å². The van der Waals surface area contributed by atoms with Gasteiger partial charge in [-0.2, -0.15) is 0 Å². The van der Waals surface area contributed by atoms with E-state index in [2.05, 4.69) is 36.4 Å². The molecule has 2 aliphatic carbocycles. The van der Waals surface area contributed by atoms with Gasteiger partial charge in [0.2, 0.25) is 0 Å². The van der Waals surface area contributed by atoms with E-state index in [9.17, 15) is 4.79 Å². The molecule has 0 spiro atoms. The molecule has 0 fully saturated rings. The lowest BCUT2D eigenvalue weighted by atomic mass is 9.91. The van der Waals surface area contributed by atoms with Gasteiger partial charge in [-0.3, -0.25) is 4.79 Å². The average Bonchev–Trinajstić information content (AvgIpc) is 2.97. The van der Waals surface area contributed by atoms with E-state index < -0.39 is 0 Å². The number of benzene rings is 1. The number of hydrogen-bond donors (Lipinski definition) is 0. The third-order valence-electron chi connectivity index (χ3n) is 3.76. The fourth-order valence-electron chi connectivity index (χ4n) is 2.99. The van der Waals surface area contributed by atoms with Gasteiger partial charge in [0.15, 0.2) is 0 Å². The van der Waals surface area contributed by atoms with Gasteiger partial charge in [-0.05, 0) is 23.1 Å². The molecular formula is C16H16O2. The minimum absolute atomic E-state index is 0.207. The van der Waals surface area contributed by atoms with Crippen LogP contribution in [0.2, 0.25) is 0 Å². The maximum atomic E-state index is 11.0. The van der Waals surface area contributed by atoms with Crippen molar-refractivity contribution in [2.45, 2.75) is 13.3 Å². The van der Waals surface area contributed by atoms with E-state index >= 15 is 0 Å². The van der Waals surface area contributed by atoms with Crippen molar-refractivity contribution in [3.05, 3.63) is 53.6 Å². The SMILES string of the molecule is CC(=O)OCC1=C(c2ccccc2)C2C=CC1C2. The quantitative estimate of drug-likeness (QED) is 0.599. The van der Waals surface area contributed by atoms with Crippen LogP contribution in [0.5, 0.6) is 0 Å². The van der Waals surface area contributed by atoms with Gasteiger partial charge in [-0.1, -0.05) is 42.5 Å². The van der Waals surface area contributed by atoms with E-state index in [-0.39, 0.29) is 5.97 Å². The fraction of sp³-hybridized carbons (Fsp3) is 0.312. The zero-order valence-electron chi connectivity index (χ0n) is 10.4. The average molecular weight is 240 g/mol. The van der Waals surface area contributed by atoms with Crippen LogP contribution in [0.3, 0.4) is 0 Å². The molecule has 2 nitrogen and oxygen atoms in total. The van der Waals surface area contributed by atoms with Gasteiger partial charge in [0, 0.05) is 18.8 Å². The van der Waals surface area contributed by atoms with Crippen molar-refractivity contribution in [1.82, 2.24) is 0 Å². The minimum Gasteiger partial charge on any atom is -0.461 e. The molecule has 0 radical (unpaired) electrons. The van der Waals surface area contributed by atoms with Gasteiger partial charge in [0.05, 0.1) is 0 Å². The predicted octanol–water partition coefficient (Wildman–Crippen LogP) is 3.21. The van der Waals surface area contributed by atoms with Crippen LogP contribution in [0, 0.1) is 11.8 Å². The van der Waals surface area contributed by atoms with E-state index in [0.717, 1.165) is 6.42 Å². The molecule has 2 bridgehead atoms. The molecule has 1 aromatic rings. The summed E-state index contributed by atoms with van der Waals surface area (Å²) in [7, 11) is 0. The van der Waals surface area contributed by atoms with Crippen LogP contribution in [0.15, 0.2) is 48.1 Å². The second kappa shape index (κ2) is 4.45. The van der Waals surface area contributed by atoms with Crippen molar-refractivity contribution in [3.8, 4) is 0 Å². The third kappa shape index (κ3) is 1.88. The largest absolute Gasteiger partial charge is 0.461 e. The molecule has 2 atom stereocenters. The second-order valence-corrected chi connectivity index (χ2v) is 4.92. The zero-order valence-corrected chi connectivity index (χ0v) is 10.4. The predicted molar refractivity (Wildman–Crippen MR) is 70.7 cm³/mol. The highest BCUT2D eigenvalue weighted by Crippen LogP contribution is 2.48. The molecule has 0 N–H and O–H groups in total. The molecule has 0 amide bonds. The van der Waals surface area contributed by atoms with E-state index in [4.69, 9.17) is 4.74 Å². The molecule has 0 aliphatic heterocycles. The Kier molecular flexibility index (Phi) is 2.78. The maximum absolute atomic E-state index is 11.0. The number of allylic oxidation sites excluding steroid dienone is 3. The normalized spacial score (nSPS) is 24.7. The molecule has 0 saturated heterocycles. The van der Waals surface area contributed by atoms with E-state index in [1.54, 1.807) is 0 Å². The fourth-order valence-corrected chi connectivity index (χ4v) is 2.99. The summed E-state index contributed by atoms with van der Waals surface area (Å²) in [4.78, 5) is 11.0. The second-order valence-electron chi connectivity index (χ2n) is 4.92. The van der Waals surface area contributed by atoms with Crippen LogP contribution in [-0.4, -0.2) is 12.6 Å². The number of esters is 1. The topological polar surface area (TPSA) is 26.3 Å². The third-order valence-corrected chi connectivity index (χ3v) is 3.76. The van der Waals surface area contributed by atoms with Gasteiger partial charge >= 0.3 is 5.97 Å². The molecule has 1 aromatic carbocycles. The highest BCUT2D eigenvalue weighted by atomic mass is 16.5. The standard InChI is InChI=1S/C16H16O2/c1-11(17)18-10-15-13-7-8-14(9-13)16(15)12-5-3-2-4-6-12/h2-8,13-14H,9-10H2,1H3. The lowest BCUT2D eigenvalue weighted by Gasteiger charge is -2.16. The molecule has 92 valence electrons. The summed E-state index contributed by atoms with van der Waals surface area (Å²) >= 11 is 0. The lowest BCUT2D eigenvalue weighted by molar-refractivity contribution is -0.140. The maximum Gasteiger partial charge on any atom is 0.302 e. The number of carbonyl (C=O) groups excluding carboxylic acids is 1. The van der Waals surface area contributed by atoms with Crippen molar-refractivity contribution in [3.63, 3.8) is 0 Å². The summed E-state index contributed by atoms with van der Waals surface area (Å²) < 4.78 is 5.20. The zero-order chi connectivity index (χ0) is 12.5. The van der Waals surface area contributed by atoms with Crippen molar-refractivity contribution in [2.24, 2.45) is 11.8 Å². The number of rotatable bonds is 3. The summed E-state index contributed by atoms with van der Waals surface area (Å²) in [5, 5.41) is 0. The summed E-state index contributed by atoms with van der Waals surface area (Å²) in [6.07, 6.45) is 5.67. The first kappa shape index (κ1) is 11.3. The molecular weight excluding hydrogens is 224 g/mol. The highest BCUT2D eigenvalue weighted by molar-refractivity contribution is 5.77. The van der Waals surface area contributed by atoms with E-state index in [1.165, 1.54) is 23.6 Å². The Labute approximate surface area is 107 Å². The van der Waals surface area contributed by atoms with E-state index in [0.29, 0.717) is 18.4 Å². The van der Waals surface area contributed by atoms with Crippen LogP contribution in [-0.2, 0) is 9.53 Å². The van der Waals surface area contributed by atoms with Gasteiger partial charge in [-0.25, -0.2) is 0 Å². The van der Waals surface area contributed by atoms with Crippen molar-refractivity contribution >= 4 is 11.5 Å². The first-order valence-corrected chi connectivity index (χ1v) is 6.36. The molecule has 2 aliphatic rings. The first-order valence-electron chi connectivity index (χ1n) is 6.36. The number of ether oxygens (including phenoxy) is 1. The minimum atomic E-state index is -0.207. The Hall–Kier alpha value is -1.83. The number of fused-ring (bicyclic) bond motifs is 2. The van der Waals surface area contributed by atoms with Crippen LogP contribution in [0.1, 0.15) is 18.9 Å². The number of hydrogen-bond acceptors (Lipinski definition) is 2. The summed E-state index contributed by atoms with van der Waals surface area (Å²) in [5.74, 6) is 0.758. The van der Waals surface area contributed by atoms with Crippen LogP contribution < -0.4 is 0 Å². The molecule has 0 aromatic heterocycles. The Morgan fingerprint density at radius 2 is 1.94 bits per heavy atom. The van der Waals surface area contributed by atoms with Crippen molar-refractivity contribution in [2.75, 3.05) is 6.61 Å². The Bertz CT molecular complexity index is 525. The molecule has 2 unspecified atom stereocenters. The summed E-state index contributed by atoms with van der Waals surface area (Å²) in [6.45, 7) is 1.90. The molecule has 0 saturated carbocycles. The van der Waals surface area contributed by atoms with Crippen LogP contribution >= 0.6 is 0 Å². The van der Waals surface area contributed by atoms with Gasteiger partial charge in [0.1, 0.15) is 6.61 Å². The Balaban J connectivity index is 1.94. The van der Waals surface area contributed by atoms with Crippen LogP contribution in [0.4, 0.5) is 0 Å². The van der Waals surface area contributed by atoms with Crippen LogP contribution in [0.25, 0.3) is 5.57 Å². The summed E-state index contributed by atoms with van der Waals surface area (Å²) in [5.41, 5.74) is 3.91. The summed E-state index contributed by atoms with van der Waals surface area (Å²) in [6, 6.07) is 10.4. The Morgan fingerprint density at radius 1 is 1.22 bits per heavy atom. The Morgan fingerprint density at radius 3 is 2.67 bits per heavy atom. The smallest absolute Gasteiger partial charge is 0.302 e. The molecule has 0 heterocycles.